The fourth-order valence-electron chi connectivity index (χ4n) is 3.46. The van der Waals surface area contributed by atoms with Crippen LogP contribution in [0.1, 0.15) is 18.5 Å². The number of piperidine rings is 1. The zero-order chi connectivity index (χ0) is 14.5. The third-order valence-corrected chi connectivity index (χ3v) is 4.71. The molecule has 0 radical (unpaired) electrons. The lowest BCUT2D eigenvalue weighted by Crippen LogP contribution is -2.46. The smallest absolute Gasteiger partial charge is 0.115 e. The minimum atomic E-state index is 0.544. The maximum absolute atomic E-state index is 5.83. The molecule has 1 atom stereocenters. The number of hydrogen-bond acceptors (Lipinski definition) is 5. The van der Waals surface area contributed by atoms with Gasteiger partial charge in [-0.3, -0.25) is 4.90 Å². The molecule has 5 heteroatoms. The van der Waals surface area contributed by atoms with Crippen molar-refractivity contribution < 1.29 is 4.74 Å². The second-order valence-electron chi connectivity index (χ2n) is 6.38. The quantitative estimate of drug-likeness (QED) is 0.833. The highest BCUT2D eigenvalue weighted by Gasteiger charge is 2.27. The molecule has 2 saturated heterocycles. The number of nitrogens with zero attached hydrogens (tertiary/aromatic N) is 4. The summed E-state index contributed by atoms with van der Waals surface area (Å²) in [5, 5.41) is 0. The van der Waals surface area contributed by atoms with Crippen LogP contribution in [0.4, 0.5) is 0 Å². The van der Waals surface area contributed by atoms with E-state index in [1.165, 1.54) is 25.9 Å². The van der Waals surface area contributed by atoms with E-state index in [-0.39, 0.29) is 0 Å². The van der Waals surface area contributed by atoms with Crippen LogP contribution < -0.4 is 0 Å². The minimum Gasteiger partial charge on any atom is -0.380 e. The Morgan fingerprint density at radius 2 is 2.14 bits per heavy atom. The van der Waals surface area contributed by atoms with Crippen molar-refractivity contribution in [2.45, 2.75) is 25.3 Å². The van der Waals surface area contributed by atoms with Crippen molar-refractivity contribution >= 4 is 0 Å². The molecule has 2 aliphatic rings. The van der Waals surface area contributed by atoms with Gasteiger partial charge < -0.3 is 9.64 Å². The maximum Gasteiger partial charge on any atom is 0.115 e. The Labute approximate surface area is 127 Å². The lowest BCUT2D eigenvalue weighted by molar-refractivity contribution is 0.105. The van der Waals surface area contributed by atoms with E-state index >= 15 is 0 Å². The number of hydrogen-bond donors (Lipinski definition) is 0. The number of ether oxygens (including phenoxy) is 1. The fraction of sp³-hybridized carbons (Fsp3) is 0.750. The zero-order valence-corrected chi connectivity index (χ0v) is 12.9. The fourth-order valence-corrected chi connectivity index (χ4v) is 3.46. The van der Waals surface area contributed by atoms with Crippen LogP contribution in [0.3, 0.4) is 0 Å². The molecule has 1 unspecified atom stereocenters. The van der Waals surface area contributed by atoms with Crippen LogP contribution in [0.15, 0.2) is 18.6 Å². The topological polar surface area (TPSA) is 41.5 Å². The lowest BCUT2D eigenvalue weighted by atomic mass is 9.99. The first-order chi connectivity index (χ1) is 10.3. The summed E-state index contributed by atoms with van der Waals surface area (Å²) in [5.74, 6) is 0.544. The first kappa shape index (κ1) is 14.9. The highest BCUT2D eigenvalue weighted by molar-refractivity contribution is 4.99. The highest BCUT2D eigenvalue weighted by Crippen LogP contribution is 2.20. The summed E-state index contributed by atoms with van der Waals surface area (Å²) < 4.78 is 5.83. The van der Waals surface area contributed by atoms with Crippen molar-refractivity contribution in [1.82, 2.24) is 19.8 Å². The molecule has 0 aliphatic carbocycles. The van der Waals surface area contributed by atoms with E-state index < -0.39 is 0 Å². The van der Waals surface area contributed by atoms with Gasteiger partial charge in [0, 0.05) is 36.9 Å². The van der Waals surface area contributed by atoms with Crippen molar-refractivity contribution in [1.29, 1.82) is 0 Å². The van der Waals surface area contributed by atoms with Crippen LogP contribution in [-0.4, -0.2) is 72.3 Å². The van der Waals surface area contributed by atoms with E-state index in [0.29, 0.717) is 5.92 Å². The van der Waals surface area contributed by atoms with Gasteiger partial charge in [-0.2, -0.15) is 0 Å². The molecule has 1 aromatic heterocycles. The molecule has 3 heterocycles. The third kappa shape index (κ3) is 4.22. The summed E-state index contributed by atoms with van der Waals surface area (Å²) in [6, 6.07) is 2.75. The Hall–Kier alpha value is -1.04. The van der Waals surface area contributed by atoms with Crippen LogP contribution >= 0.6 is 0 Å². The van der Waals surface area contributed by atoms with Crippen LogP contribution in [0.2, 0.25) is 0 Å². The molecule has 0 N–H and O–H groups in total. The predicted octanol–water partition coefficient (Wildman–Crippen LogP) is 1.06. The molecule has 116 valence electrons. The van der Waals surface area contributed by atoms with Crippen molar-refractivity contribution in [3.63, 3.8) is 0 Å². The monoisotopic (exact) mass is 290 g/mol. The third-order valence-electron chi connectivity index (χ3n) is 4.71. The Kier molecular flexibility index (Phi) is 5.17. The van der Waals surface area contributed by atoms with Gasteiger partial charge in [-0.1, -0.05) is 0 Å². The van der Waals surface area contributed by atoms with Gasteiger partial charge in [0.15, 0.2) is 0 Å². The summed E-state index contributed by atoms with van der Waals surface area (Å²) >= 11 is 0. The molecule has 0 spiro atoms. The molecular weight excluding hydrogens is 264 g/mol. The summed E-state index contributed by atoms with van der Waals surface area (Å²) in [5.41, 5.74) is 1.13. The molecule has 2 aliphatic heterocycles. The largest absolute Gasteiger partial charge is 0.380 e. The van der Waals surface area contributed by atoms with Gasteiger partial charge in [0.25, 0.3) is 0 Å². The molecule has 0 amide bonds. The van der Waals surface area contributed by atoms with E-state index in [9.17, 15) is 0 Å². The van der Waals surface area contributed by atoms with Crippen LogP contribution in [0.5, 0.6) is 0 Å². The average Bonchev–Trinajstić information content (AvgIpc) is 2.75. The van der Waals surface area contributed by atoms with E-state index in [4.69, 9.17) is 4.74 Å². The second kappa shape index (κ2) is 7.29. The Balaban J connectivity index is 1.58. The molecule has 3 rings (SSSR count). The number of likely N-dealkylation sites (tertiary alicyclic amines) is 1. The maximum atomic E-state index is 5.83. The molecule has 2 fully saturated rings. The van der Waals surface area contributed by atoms with Gasteiger partial charge in [-0.15, -0.1) is 0 Å². The summed E-state index contributed by atoms with van der Waals surface area (Å²) in [6.07, 6.45) is 7.04. The van der Waals surface area contributed by atoms with Crippen molar-refractivity contribution in [3.05, 3.63) is 24.3 Å². The van der Waals surface area contributed by atoms with E-state index in [1.54, 1.807) is 6.33 Å². The first-order valence-electron chi connectivity index (χ1n) is 8.06. The van der Waals surface area contributed by atoms with Gasteiger partial charge in [0.1, 0.15) is 6.33 Å². The lowest BCUT2D eigenvalue weighted by Gasteiger charge is -2.37. The molecule has 1 aromatic rings. The van der Waals surface area contributed by atoms with Crippen molar-refractivity contribution in [2.75, 3.05) is 46.4 Å². The van der Waals surface area contributed by atoms with Gasteiger partial charge in [0.2, 0.25) is 0 Å². The van der Waals surface area contributed by atoms with Gasteiger partial charge >= 0.3 is 0 Å². The van der Waals surface area contributed by atoms with Crippen molar-refractivity contribution in [3.8, 4) is 0 Å². The Bertz CT molecular complexity index is 420. The zero-order valence-electron chi connectivity index (χ0n) is 12.9. The molecule has 21 heavy (non-hydrogen) atoms. The van der Waals surface area contributed by atoms with Gasteiger partial charge in [-0.05, 0) is 45.5 Å². The van der Waals surface area contributed by atoms with Crippen LogP contribution in [0.25, 0.3) is 0 Å². The minimum absolute atomic E-state index is 0.544. The summed E-state index contributed by atoms with van der Waals surface area (Å²) in [4.78, 5) is 13.4. The molecular formula is C16H26N4O. The van der Waals surface area contributed by atoms with Gasteiger partial charge in [0.05, 0.1) is 13.2 Å². The SMILES string of the molecule is CN1CCC(N2CCOCC(Cc3ccncn3)C2)CC1. The second-order valence-corrected chi connectivity index (χ2v) is 6.38. The standard InChI is InChI=1S/C16H26N4O/c1-19-6-3-16(4-7-19)20-8-9-21-12-14(11-20)10-15-2-5-17-13-18-15/h2,5,13-14,16H,3-4,6-12H2,1H3. The van der Waals surface area contributed by atoms with Gasteiger partial charge in [-0.25, -0.2) is 9.97 Å². The summed E-state index contributed by atoms with van der Waals surface area (Å²) in [7, 11) is 2.22. The average molecular weight is 290 g/mol. The Morgan fingerprint density at radius 3 is 2.90 bits per heavy atom. The van der Waals surface area contributed by atoms with Crippen LogP contribution in [0, 0.1) is 5.92 Å². The Morgan fingerprint density at radius 1 is 1.29 bits per heavy atom. The molecule has 0 saturated carbocycles. The molecule has 0 aromatic carbocycles. The first-order valence-corrected chi connectivity index (χ1v) is 8.06. The van der Waals surface area contributed by atoms with Crippen molar-refractivity contribution in [2.24, 2.45) is 5.92 Å². The normalized spacial score (nSPS) is 26.6. The van der Waals surface area contributed by atoms with Crippen LogP contribution in [-0.2, 0) is 11.2 Å². The van der Waals surface area contributed by atoms with E-state index in [0.717, 1.165) is 44.5 Å². The predicted molar refractivity (Wildman–Crippen MR) is 82.1 cm³/mol. The number of aromatic nitrogens is 2. The van der Waals surface area contributed by atoms with E-state index in [2.05, 4.69) is 26.8 Å². The number of rotatable bonds is 3. The molecule has 5 nitrogen and oxygen atoms in total. The molecule has 0 bridgehead atoms. The summed E-state index contributed by atoms with van der Waals surface area (Å²) in [6.45, 7) is 6.38. The highest BCUT2D eigenvalue weighted by atomic mass is 16.5. The van der Waals surface area contributed by atoms with E-state index in [1.807, 2.05) is 12.3 Å².